The lowest BCUT2D eigenvalue weighted by Gasteiger charge is -2.21. The van der Waals surface area contributed by atoms with E-state index in [-0.39, 0.29) is 24.8 Å². The summed E-state index contributed by atoms with van der Waals surface area (Å²) in [6.45, 7) is 4.24. The molecule has 0 heterocycles. The minimum Gasteiger partial charge on any atom is -0.333 e. The number of halogens is 1. The third-order valence-corrected chi connectivity index (χ3v) is 5.00. The Balaban J connectivity index is 1.69. The van der Waals surface area contributed by atoms with Gasteiger partial charge in [-0.05, 0) is 47.9 Å². The van der Waals surface area contributed by atoms with E-state index >= 15 is 0 Å². The number of amides is 2. The van der Waals surface area contributed by atoms with Crippen molar-refractivity contribution in [3.8, 4) is 0 Å². The van der Waals surface area contributed by atoms with Gasteiger partial charge in [-0.2, -0.15) is 0 Å². The van der Waals surface area contributed by atoms with Crippen LogP contribution in [0.1, 0.15) is 18.1 Å². The molecule has 0 saturated carbocycles. The molecular weight excluding hydrogens is 372 g/mol. The van der Waals surface area contributed by atoms with Gasteiger partial charge in [0, 0.05) is 17.3 Å². The number of aryl methyl sites for hydroxylation is 1. The van der Waals surface area contributed by atoms with E-state index in [9.17, 15) is 9.59 Å². The summed E-state index contributed by atoms with van der Waals surface area (Å²) in [5, 5.41) is 5.57. The molecule has 0 fully saturated rings. The summed E-state index contributed by atoms with van der Waals surface area (Å²) in [7, 11) is 0. The van der Waals surface area contributed by atoms with Crippen LogP contribution >= 0.6 is 11.6 Å². The summed E-state index contributed by atoms with van der Waals surface area (Å²) in [6, 6.07) is 19.3. The van der Waals surface area contributed by atoms with Crippen LogP contribution in [0.2, 0.25) is 5.02 Å². The van der Waals surface area contributed by atoms with Crippen LogP contribution in [-0.4, -0.2) is 29.8 Å². The van der Waals surface area contributed by atoms with Gasteiger partial charge in [0.25, 0.3) is 0 Å². The van der Waals surface area contributed by atoms with E-state index in [1.807, 2.05) is 62.4 Å². The fourth-order valence-corrected chi connectivity index (χ4v) is 3.36. The number of carbonyl (C=O) groups excluding carboxylic acids is 2. The predicted molar refractivity (Wildman–Crippen MR) is 115 cm³/mol. The van der Waals surface area contributed by atoms with Crippen LogP contribution in [0, 0.1) is 6.92 Å². The Hall–Kier alpha value is -2.85. The number of nitrogens with one attached hydrogen (secondary N) is 1. The molecule has 0 spiro atoms. The fraction of sp³-hybridized carbons (Fsp3) is 0.217. The quantitative estimate of drug-likeness (QED) is 0.650. The first-order valence-corrected chi connectivity index (χ1v) is 9.66. The molecule has 144 valence electrons. The van der Waals surface area contributed by atoms with Crippen LogP contribution in [0.4, 0.5) is 5.69 Å². The van der Waals surface area contributed by atoms with E-state index in [2.05, 4.69) is 5.32 Å². The zero-order valence-corrected chi connectivity index (χ0v) is 16.8. The number of hydrogen-bond acceptors (Lipinski definition) is 2. The van der Waals surface area contributed by atoms with E-state index in [1.165, 1.54) is 0 Å². The van der Waals surface area contributed by atoms with Gasteiger partial charge in [0.05, 0.1) is 13.0 Å². The number of rotatable bonds is 6. The molecule has 1 N–H and O–H groups in total. The first kappa shape index (κ1) is 19.9. The van der Waals surface area contributed by atoms with Gasteiger partial charge in [0.2, 0.25) is 11.8 Å². The topological polar surface area (TPSA) is 49.4 Å². The zero-order valence-electron chi connectivity index (χ0n) is 16.0. The number of hydrogen-bond donors (Lipinski definition) is 1. The number of carbonyl (C=O) groups is 2. The van der Waals surface area contributed by atoms with E-state index in [1.54, 1.807) is 17.0 Å². The maximum atomic E-state index is 12.8. The molecule has 0 aliphatic carbocycles. The van der Waals surface area contributed by atoms with Gasteiger partial charge in [-0.3, -0.25) is 9.59 Å². The lowest BCUT2D eigenvalue weighted by Crippen LogP contribution is -2.38. The third kappa shape index (κ3) is 4.70. The molecule has 5 heteroatoms. The lowest BCUT2D eigenvalue weighted by atomic mass is 10.0. The summed E-state index contributed by atoms with van der Waals surface area (Å²) in [5.41, 5.74) is 2.55. The minimum atomic E-state index is -0.238. The van der Waals surface area contributed by atoms with Gasteiger partial charge in [-0.15, -0.1) is 0 Å². The van der Waals surface area contributed by atoms with Crippen molar-refractivity contribution in [2.24, 2.45) is 0 Å². The molecule has 0 saturated heterocycles. The second-order valence-corrected chi connectivity index (χ2v) is 7.17. The Morgan fingerprint density at radius 3 is 2.57 bits per heavy atom. The zero-order chi connectivity index (χ0) is 20.1. The van der Waals surface area contributed by atoms with Crippen molar-refractivity contribution in [3.05, 3.63) is 76.8 Å². The van der Waals surface area contributed by atoms with Crippen LogP contribution in [0.5, 0.6) is 0 Å². The van der Waals surface area contributed by atoms with Crippen molar-refractivity contribution in [1.29, 1.82) is 0 Å². The highest BCUT2D eigenvalue weighted by Gasteiger charge is 2.17. The van der Waals surface area contributed by atoms with Crippen LogP contribution < -0.4 is 5.32 Å². The highest BCUT2D eigenvalue weighted by molar-refractivity contribution is 6.31. The Kier molecular flexibility index (Phi) is 6.32. The van der Waals surface area contributed by atoms with Crippen LogP contribution in [0.3, 0.4) is 0 Å². The van der Waals surface area contributed by atoms with Crippen LogP contribution in [0.15, 0.2) is 60.7 Å². The second kappa shape index (κ2) is 8.89. The molecule has 0 aromatic heterocycles. The summed E-state index contributed by atoms with van der Waals surface area (Å²) >= 11 is 6.01. The van der Waals surface area contributed by atoms with Crippen molar-refractivity contribution in [2.45, 2.75) is 20.3 Å². The first-order valence-electron chi connectivity index (χ1n) is 9.28. The van der Waals surface area contributed by atoms with Crippen molar-refractivity contribution in [1.82, 2.24) is 4.90 Å². The van der Waals surface area contributed by atoms with E-state index in [4.69, 9.17) is 11.6 Å². The highest BCUT2D eigenvalue weighted by atomic mass is 35.5. The van der Waals surface area contributed by atoms with Crippen molar-refractivity contribution < 1.29 is 9.59 Å². The molecule has 0 bridgehead atoms. The Labute approximate surface area is 170 Å². The average Bonchev–Trinajstić information content (AvgIpc) is 2.69. The molecule has 3 aromatic rings. The highest BCUT2D eigenvalue weighted by Crippen LogP contribution is 2.21. The summed E-state index contributed by atoms with van der Waals surface area (Å²) in [4.78, 5) is 26.9. The number of anilines is 1. The average molecular weight is 395 g/mol. The maximum Gasteiger partial charge on any atom is 0.244 e. The normalized spacial score (nSPS) is 10.7. The Bertz CT molecular complexity index is 1010. The van der Waals surface area contributed by atoms with Gasteiger partial charge in [-0.1, -0.05) is 60.1 Å². The Morgan fingerprint density at radius 2 is 1.79 bits per heavy atom. The molecule has 0 aliphatic rings. The number of fused-ring (bicyclic) bond motifs is 1. The molecule has 4 nitrogen and oxygen atoms in total. The molecule has 3 aromatic carbocycles. The second-order valence-electron chi connectivity index (χ2n) is 6.73. The van der Waals surface area contributed by atoms with Crippen molar-refractivity contribution in [2.75, 3.05) is 18.4 Å². The molecule has 0 unspecified atom stereocenters. The minimum absolute atomic E-state index is 0.00600. The van der Waals surface area contributed by atoms with Crippen molar-refractivity contribution in [3.63, 3.8) is 0 Å². The van der Waals surface area contributed by atoms with E-state index in [0.29, 0.717) is 17.3 Å². The van der Waals surface area contributed by atoms with E-state index in [0.717, 1.165) is 21.9 Å². The van der Waals surface area contributed by atoms with Gasteiger partial charge in [-0.25, -0.2) is 0 Å². The number of benzene rings is 3. The molecule has 0 radical (unpaired) electrons. The van der Waals surface area contributed by atoms with E-state index < -0.39 is 0 Å². The Morgan fingerprint density at radius 1 is 1.04 bits per heavy atom. The number of likely N-dealkylation sites (N-methyl/N-ethyl adjacent to an activating group) is 1. The summed E-state index contributed by atoms with van der Waals surface area (Å²) in [6.07, 6.45) is 0.263. The smallest absolute Gasteiger partial charge is 0.244 e. The monoisotopic (exact) mass is 394 g/mol. The lowest BCUT2D eigenvalue weighted by molar-refractivity contribution is -0.133. The van der Waals surface area contributed by atoms with Gasteiger partial charge in [0.1, 0.15) is 0 Å². The first-order chi connectivity index (χ1) is 13.5. The van der Waals surface area contributed by atoms with Crippen LogP contribution in [-0.2, 0) is 16.0 Å². The van der Waals surface area contributed by atoms with Gasteiger partial charge in [0.15, 0.2) is 0 Å². The summed E-state index contributed by atoms with van der Waals surface area (Å²) in [5.74, 6) is -0.310. The maximum absolute atomic E-state index is 12.8. The third-order valence-electron chi connectivity index (χ3n) is 4.76. The molecule has 2 amide bonds. The van der Waals surface area contributed by atoms with Gasteiger partial charge < -0.3 is 10.2 Å². The molecular formula is C23H23ClN2O2. The molecule has 0 aliphatic heterocycles. The standard InChI is InChI=1S/C23H23ClN2O2/c1-3-26(15-22(27)25-21-14-19(24)12-11-16(21)2)23(28)13-18-9-6-8-17-7-4-5-10-20(17)18/h4-12,14H,3,13,15H2,1-2H3,(H,25,27). The fourth-order valence-electron chi connectivity index (χ4n) is 3.19. The number of nitrogens with zero attached hydrogens (tertiary/aromatic N) is 1. The molecule has 0 atom stereocenters. The van der Waals surface area contributed by atoms with Crippen molar-refractivity contribution >= 4 is 39.9 Å². The predicted octanol–water partition coefficient (Wildman–Crippen LogP) is 4.83. The largest absolute Gasteiger partial charge is 0.333 e. The SMILES string of the molecule is CCN(CC(=O)Nc1cc(Cl)ccc1C)C(=O)Cc1cccc2ccccc12. The molecule has 3 rings (SSSR count). The molecule has 28 heavy (non-hydrogen) atoms. The van der Waals surface area contributed by atoms with Crippen LogP contribution in [0.25, 0.3) is 10.8 Å². The summed E-state index contributed by atoms with van der Waals surface area (Å²) < 4.78 is 0. The van der Waals surface area contributed by atoms with Gasteiger partial charge >= 0.3 is 0 Å².